The summed E-state index contributed by atoms with van der Waals surface area (Å²) >= 11 is 0. The van der Waals surface area contributed by atoms with Crippen LogP contribution in [0.2, 0.25) is 0 Å². The lowest BCUT2D eigenvalue weighted by Crippen LogP contribution is -2.45. The molecular weight excluding hydrogens is 302 g/mol. The van der Waals surface area contributed by atoms with Gasteiger partial charge >= 0.3 is 0 Å². The summed E-state index contributed by atoms with van der Waals surface area (Å²) in [5.41, 5.74) is 1.97. The SMILES string of the molecule is N#Cc1ccc(CN2CCN(Cc3nnc(C4CC4)o3)CC2)cc1. The Labute approximate surface area is 141 Å². The molecule has 1 aliphatic heterocycles. The summed E-state index contributed by atoms with van der Waals surface area (Å²) in [7, 11) is 0. The van der Waals surface area contributed by atoms with Gasteiger partial charge in [-0.15, -0.1) is 10.2 Å². The molecule has 24 heavy (non-hydrogen) atoms. The van der Waals surface area contributed by atoms with Crippen LogP contribution in [-0.4, -0.2) is 46.2 Å². The smallest absolute Gasteiger partial charge is 0.230 e. The van der Waals surface area contributed by atoms with E-state index in [1.54, 1.807) is 0 Å². The maximum absolute atomic E-state index is 8.85. The van der Waals surface area contributed by atoms with Gasteiger partial charge in [-0.05, 0) is 30.5 Å². The van der Waals surface area contributed by atoms with Crippen LogP contribution >= 0.6 is 0 Å². The summed E-state index contributed by atoms with van der Waals surface area (Å²) in [6.45, 7) is 5.78. The molecule has 0 N–H and O–H groups in total. The first-order chi connectivity index (χ1) is 11.8. The van der Waals surface area contributed by atoms with E-state index in [4.69, 9.17) is 9.68 Å². The number of hydrogen-bond acceptors (Lipinski definition) is 6. The molecule has 0 spiro atoms. The van der Waals surface area contributed by atoms with E-state index < -0.39 is 0 Å². The molecule has 2 fully saturated rings. The molecule has 0 atom stereocenters. The van der Waals surface area contributed by atoms with Crippen LogP contribution in [0.25, 0.3) is 0 Å². The van der Waals surface area contributed by atoms with Gasteiger partial charge in [-0.25, -0.2) is 0 Å². The van der Waals surface area contributed by atoms with E-state index in [-0.39, 0.29) is 0 Å². The minimum Gasteiger partial charge on any atom is -0.424 e. The average Bonchev–Trinajstić information content (AvgIpc) is 3.37. The van der Waals surface area contributed by atoms with Crippen LogP contribution in [0.5, 0.6) is 0 Å². The predicted octanol–water partition coefficient (Wildman–Crippen LogP) is 2.14. The van der Waals surface area contributed by atoms with Gasteiger partial charge in [-0.3, -0.25) is 9.80 Å². The summed E-state index contributed by atoms with van der Waals surface area (Å²) in [6.07, 6.45) is 2.38. The Morgan fingerprint density at radius 2 is 1.67 bits per heavy atom. The zero-order valence-corrected chi connectivity index (χ0v) is 13.7. The molecule has 6 nitrogen and oxygen atoms in total. The van der Waals surface area contributed by atoms with Gasteiger partial charge in [-0.1, -0.05) is 12.1 Å². The highest BCUT2D eigenvalue weighted by Crippen LogP contribution is 2.39. The monoisotopic (exact) mass is 323 g/mol. The summed E-state index contributed by atoms with van der Waals surface area (Å²) in [5.74, 6) is 2.09. The topological polar surface area (TPSA) is 69.2 Å². The second-order valence-electron chi connectivity index (χ2n) is 6.67. The van der Waals surface area contributed by atoms with Gasteiger partial charge in [0.05, 0.1) is 18.2 Å². The van der Waals surface area contributed by atoms with Crippen molar-refractivity contribution >= 4 is 0 Å². The van der Waals surface area contributed by atoms with E-state index in [9.17, 15) is 0 Å². The number of nitriles is 1. The summed E-state index contributed by atoms with van der Waals surface area (Å²) < 4.78 is 5.75. The second-order valence-corrected chi connectivity index (χ2v) is 6.67. The van der Waals surface area contributed by atoms with Crippen molar-refractivity contribution in [2.45, 2.75) is 31.8 Å². The minimum absolute atomic E-state index is 0.524. The molecule has 0 bridgehead atoms. The van der Waals surface area contributed by atoms with Crippen molar-refractivity contribution in [3.8, 4) is 6.07 Å². The molecule has 0 radical (unpaired) electrons. The van der Waals surface area contributed by atoms with E-state index in [2.05, 4.69) is 26.1 Å². The lowest BCUT2D eigenvalue weighted by molar-refractivity contribution is 0.114. The second kappa shape index (κ2) is 6.71. The average molecular weight is 323 g/mol. The molecule has 1 aromatic heterocycles. The highest BCUT2D eigenvalue weighted by atomic mass is 16.4. The molecule has 2 aliphatic rings. The first kappa shape index (κ1) is 15.3. The van der Waals surface area contributed by atoms with Crippen LogP contribution in [0.1, 0.15) is 41.7 Å². The van der Waals surface area contributed by atoms with E-state index >= 15 is 0 Å². The molecule has 0 amide bonds. The van der Waals surface area contributed by atoms with E-state index in [0.29, 0.717) is 11.5 Å². The van der Waals surface area contributed by atoms with E-state index in [0.717, 1.165) is 51.0 Å². The quantitative estimate of drug-likeness (QED) is 0.839. The molecule has 0 unspecified atom stereocenters. The van der Waals surface area contributed by atoms with E-state index in [1.165, 1.54) is 18.4 Å². The maximum Gasteiger partial charge on any atom is 0.230 e. The van der Waals surface area contributed by atoms with Crippen molar-refractivity contribution in [2.75, 3.05) is 26.2 Å². The highest BCUT2D eigenvalue weighted by Gasteiger charge is 2.29. The molecule has 1 saturated heterocycles. The third kappa shape index (κ3) is 3.64. The molecule has 2 aromatic rings. The van der Waals surface area contributed by atoms with Gasteiger partial charge < -0.3 is 4.42 Å². The third-order valence-electron chi connectivity index (χ3n) is 4.72. The van der Waals surface area contributed by atoms with Crippen LogP contribution in [0, 0.1) is 11.3 Å². The maximum atomic E-state index is 8.85. The number of hydrogen-bond donors (Lipinski definition) is 0. The fourth-order valence-corrected chi connectivity index (χ4v) is 3.07. The first-order valence-electron chi connectivity index (χ1n) is 8.56. The number of nitrogens with zero attached hydrogens (tertiary/aromatic N) is 5. The molecule has 1 saturated carbocycles. The Morgan fingerprint density at radius 1 is 1.00 bits per heavy atom. The van der Waals surface area contributed by atoms with Crippen LogP contribution in [0.4, 0.5) is 0 Å². The van der Waals surface area contributed by atoms with Crippen molar-refractivity contribution in [1.29, 1.82) is 5.26 Å². The van der Waals surface area contributed by atoms with Crippen LogP contribution in [-0.2, 0) is 13.1 Å². The van der Waals surface area contributed by atoms with Crippen LogP contribution < -0.4 is 0 Å². The van der Waals surface area contributed by atoms with Gasteiger partial charge in [0.15, 0.2) is 0 Å². The predicted molar refractivity (Wildman–Crippen MR) is 88.0 cm³/mol. The Balaban J connectivity index is 1.25. The lowest BCUT2D eigenvalue weighted by atomic mass is 10.1. The zero-order valence-electron chi connectivity index (χ0n) is 13.7. The summed E-state index contributed by atoms with van der Waals surface area (Å²) in [5, 5.41) is 17.2. The standard InChI is InChI=1S/C18H21N5O/c19-11-14-1-3-15(4-2-14)12-22-7-9-23(10-8-22)13-17-20-21-18(24-17)16-5-6-16/h1-4,16H,5-10,12-13H2. The van der Waals surface area contributed by atoms with Gasteiger partial charge in [-0.2, -0.15) is 5.26 Å². The highest BCUT2D eigenvalue weighted by molar-refractivity contribution is 5.31. The van der Waals surface area contributed by atoms with Crippen molar-refractivity contribution in [3.63, 3.8) is 0 Å². The van der Waals surface area contributed by atoms with Gasteiger partial charge in [0.1, 0.15) is 0 Å². The Hall–Kier alpha value is -2.23. The number of piperazine rings is 1. The summed E-state index contributed by atoms with van der Waals surface area (Å²) in [6, 6.07) is 10.0. The van der Waals surface area contributed by atoms with Gasteiger partial charge in [0, 0.05) is 38.6 Å². The van der Waals surface area contributed by atoms with Crippen molar-refractivity contribution < 1.29 is 4.42 Å². The van der Waals surface area contributed by atoms with Crippen LogP contribution in [0.3, 0.4) is 0 Å². The molecule has 124 valence electrons. The Bertz CT molecular complexity index is 721. The summed E-state index contributed by atoms with van der Waals surface area (Å²) in [4.78, 5) is 4.82. The fourth-order valence-electron chi connectivity index (χ4n) is 3.07. The van der Waals surface area contributed by atoms with Gasteiger partial charge in [0.2, 0.25) is 11.8 Å². The largest absolute Gasteiger partial charge is 0.424 e. The third-order valence-corrected chi connectivity index (χ3v) is 4.72. The van der Waals surface area contributed by atoms with Gasteiger partial charge in [0.25, 0.3) is 0 Å². The Morgan fingerprint density at radius 3 is 2.29 bits per heavy atom. The number of rotatable bonds is 5. The fraction of sp³-hybridized carbons (Fsp3) is 0.500. The molecular formula is C18H21N5O. The molecule has 2 heterocycles. The number of benzene rings is 1. The zero-order chi connectivity index (χ0) is 16.4. The number of aromatic nitrogens is 2. The lowest BCUT2D eigenvalue weighted by Gasteiger charge is -2.33. The van der Waals surface area contributed by atoms with Crippen LogP contribution in [0.15, 0.2) is 28.7 Å². The van der Waals surface area contributed by atoms with Crippen molar-refractivity contribution in [2.24, 2.45) is 0 Å². The molecule has 1 aliphatic carbocycles. The minimum atomic E-state index is 0.524. The first-order valence-corrected chi connectivity index (χ1v) is 8.56. The van der Waals surface area contributed by atoms with E-state index in [1.807, 2.05) is 24.3 Å². The van der Waals surface area contributed by atoms with Crippen molar-refractivity contribution in [1.82, 2.24) is 20.0 Å². The Kier molecular flexibility index (Phi) is 4.28. The molecule has 4 rings (SSSR count). The normalized spacial score (nSPS) is 19.3. The molecule has 6 heteroatoms. The molecule has 1 aromatic carbocycles. The van der Waals surface area contributed by atoms with Crippen molar-refractivity contribution in [3.05, 3.63) is 47.2 Å².